The van der Waals surface area contributed by atoms with Gasteiger partial charge in [0.1, 0.15) is 0 Å². The number of para-hydroxylation sites is 1. The predicted molar refractivity (Wildman–Crippen MR) is 71.5 cm³/mol. The third kappa shape index (κ3) is 3.05. The highest BCUT2D eigenvalue weighted by Crippen LogP contribution is 2.14. The molecule has 86 valence electrons. The van der Waals surface area contributed by atoms with Gasteiger partial charge in [0.25, 0.3) is 0 Å². The lowest BCUT2D eigenvalue weighted by molar-refractivity contribution is 0.768. The highest BCUT2D eigenvalue weighted by atomic mass is 14.6. The summed E-state index contributed by atoms with van der Waals surface area (Å²) in [5.41, 5.74) is 7.44. The molecule has 0 fully saturated rings. The second kappa shape index (κ2) is 6.03. The van der Waals surface area contributed by atoms with E-state index < -0.39 is 0 Å². The van der Waals surface area contributed by atoms with E-state index in [0.717, 1.165) is 42.3 Å². The van der Waals surface area contributed by atoms with Crippen molar-refractivity contribution < 1.29 is 0 Å². The van der Waals surface area contributed by atoms with E-state index in [0.29, 0.717) is 0 Å². The van der Waals surface area contributed by atoms with E-state index in [4.69, 9.17) is 5.73 Å². The largest absolute Gasteiger partial charge is 0.330 e. The topological polar surface area (TPSA) is 38.9 Å². The van der Waals surface area contributed by atoms with E-state index >= 15 is 0 Å². The van der Waals surface area contributed by atoms with E-state index in [2.05, 4.69) is 29.0 Å². The first kappa shape index (κ1) is 11.6. The summed E-state index contributed by atoms with van der Waals surface area (Å²) in [5.74, 6) is 6.38. The van der Waals surface area contributed by atoms with Crippen LogP contribution in [0.25, 0.3) is 10.9 Å². The molecule has 1 aromatic heterocycles. The molecule has 2 heteroatoms. The van der Waals surface area contributed by atoms with Crippen LogP contribution in [0.5, 0.6) is 0 Å². The van der Waals surface area contributed by atoms with Crippen molar-refractivity contribution in [2.45, 2.75) is 19.3 Å². The highest BCUT2D eigenvalue weighted by molar-refractivity contribution is 5.84. The maximum absolute atomic E-state index is 5.44. The summed E-state index contributed by atoms with van der Waals surface area (Å²) in [6.45, 7) is 0.748. The van der Waals surface area contributed by atoms with Crippen molar-refractivity contribution in [3.05, 3.63) is 42.1 Å². The average Bonchev–Trinajstić information content (AvgIpc) is 2.39. The smallest absolute Gasteiger partial charge is 0.0858 e. The first-order valence-corrected chi connectivity index (χ1v) is 5.94. The third-order valence-electron chi connectivity index (χ3n) is 2.61. The number of nitrogens with two attached hydrogens (primary N) is 1. The summed E-state index contributed by atoms with van der Waals surface area (Å²) in [6, 6.07) is 10.1. The first-order chi connectivity index (χ1) is 8.42. The Morgan fingerprint density at radius 1 is 1.12 bits per heavy atom. The lowest BCUT2D eigenvalue weighted by atomic mass is 10.1. The second-order valence-electron chi connectivity index (χ2n) is 3.93. The van der Waals surface area contributed by atoms with Crippen molar-refractivity contribution in [1.82, 2.24) is 4.98 Å². The number of nitrogens with zero attached hydrogens (tertiary/aromatic N) is 1. The maximum Gasteiger partial charge on any atom is 0.0858 e. The Morgan fingerprint density at radius 3 is 2.88 bits per heavy atom. The molecule has 0 aliphatic rings. The predicted octanol–water partition coefficient (Wildman–Crippen LogP) is 2.72. The van der Waals surface area contributed by atoms with Crippen LogP contribution < -0.4 is 5.73 Å². The molecule has 0 radical (unpaired) electrons. The average molecular weight is 224 g/mol. The van der Waals surface area contributed by atoms with Crippen molar-refractivity contribution >= 4 is 10.9 Å². The molecule has 0 aliphatic carbocycles. The van der Waals surface area contributed by atoms with E-state index in [1.807, 2.05) is 24.4 Å². The lowest BCUT2D eigenvalue weighted by Gasteiger charge is -1.98. The van der Waals surface area contributed by atoms with E-state index in [-0.39, 0.29) is 0 Å². The quantitative estimate of drug-likeness (QED) is 0.643. The molecular weight excluding hydrogens is 208 g/mol. The van der Waals surface area contributed by atoms with Gasteiger partial charge in [0.15, 0.2) is 0 Å². The number of fused-ring (bicyclic) bond motifs is 1. The molecular formula is C15H16N2. The molecule has 17 heavy (non-hydrogen) atoms. The Morgan fingerprint density at radius 2 is 2.00 bits per heavy atom. The SMILES string of the molecule is NCCCCC#Cc1cccc2cccnc12. The number of hydrogen-bond donors (Lipinski definition) is 1. The van der Waals surface area contributed by atoms with E-state index in [9.17, 15) is 0 Å². The molecule has 0 saturated carbocycles. The van der Waals surface area contributed by atoms with Crippen molar-refractivity contribution in [2.24, 2.45) is 5.73 Å². The van der Waals surface area contributed by atoms with Gasteiger partial charge in [0, 0.05) is 18.0 Å². The summed E-state index contributed by atoms with van der Waals surface area (Å²) in [5, 5.41) is 1.14. The van der Waals surface area contributed by atoms with Crippen molar-refractivity contribution in [2.75, 3.05) is 6.54 Å². The normalized spacial score (nSPS) is 9.94. The van der Waals surface area contributed by atoms with Crippen LogP contribution in [0.3, 0.4) is 0 Å². The molecule has 2 rings (SSSR count). The van der Waals surface area contributed by atoms with Crippen molar-refractivity contribution in [3.8, 4) is 11.8 Å². The highest BCUT2D eigenvalue weighted by Gasteiger charge is 1.97. The molecule has 2 N–H and O–H groups in total. The summed E-state index contributed by atoms with van der Waals surface area (Å²) in [7, 11) is 0. The molecule has 0 aliphatic heterocycles. The Bertz CT molecular complexity index is 544. The summed E-state index contributed by atoms with van der Waals surface area (Å²) in [4.78, 5) is 4.37. The molecule has 1 heterocycles. The van der Waals surface area contributed by atoms with Crippen LogP contribution in [0.4, 0.5) is 0 Å². The fraction of sp³-hybridized carbons (Fsp3) is 0.267. The van der Waals surface area contributed by atoms with Gasteiger partial charge < -0.3 is 5.73 Å². The summed E-state index contributed by atoms with van der Waals surface area (Å²) < 4.78 is 0. The molecule has 0 amide bonds. The summed E-state index contributed by atoms with van der Waals surface area (Å²) in [6.07, 6.45) is 4.83. The molecule has 0 atom stereocenters. The van der Waals surface area contributed by atoms with Gasteiger partial charge in [-0.1, -0.05) is 30.0 Å². The van der Waals surface area contributed by atoms with Gasteiger partial charge in [0.2, 0.25) is 0 Å². The van der Waals surface area contributed by atoms with Crippen LogP contribution in [0.15, 0.2) is 36.5 Å². The van der Waals surface area contributed by atoms with Gasteiger partial charge in [-0.15, -0.1) is 0 Å². The second-order valence-corrected chi connectivity index (χ2v) is 3.93. The standard InChI is InChI=1S/C15H16N2/c16-11-4-2-1-3-7-13-8-5-9-14-10-6-12-17-15(13)14/h5-6,8-10,12H,1-2,4,11,16H2. The maximum atomic E-state index is 5.44. The molecule has 0 bridgehead atoms. The van der Waals surface area contributed by atoms with Crippen LogP contribution in [0.1, 0.15) is 24.8 Å². The molecule has 0 spiro atoms. The first-order valence-electron chi connectivity index (χ1n) is 5.94. The Balaban J connectivity index is 2.18. The van der Waals surface area contributed by atoms with Gasteiger partial charge in [-0.05, 0) is 31.5 Å². The molecule has 0 saturated heterocycles. The lowest BCUT2D eigenvalue weighted by Crippen LogP contribution is -1.96. The van der Waals surface area contributed by atoms with Gasteiger partial charge in [-0.25, -0.2) is 0 Å². The Labute approximate surface area is 102 Å². The van der Waals surface area contributed by atoms with E-state index in [1.54, 1.807) is 0 Å². The molecule has 1 aromatic carbocycles. The van der Waals surface area contributed by atoms with E-state index in [1.165, 1.54) is 0 Å². The van der Waals surface area contributed by atoms with Gasteiger partial charge in [0.05, 0.1) is 11.1 Å². The third-order valence-corrected chi connectivity index (χ3v) is 2.61. The molecule has 0 unspecified atom stereocenters. The molecule has 2 nitrogen and oxygen atoms in total. The number of unbranched alkanes of at least 4 members (excludes halogenated alkanes) is 2. The minimum Gasteiger partial charge on any atom is -0.330 e. The van der Waals surface area contributed by atoms with Gasteiger partial charge in [-0.3, -0.25) is 4.98 Å². The number of benzene rings is 1. The number of aromatic nitrogens is 1. The molecule has 2 aromatic rings. The minimum absolute atomic E-state index is 0.748. The summed E-state index contributed by atoms with van der Waals surface area (Å²) >= 11 is 0. The van der Waals surface area contributed by atoms with Gasteiger partial charge in [-0.2, -0.15) is 0 Å². The number of hydrogen-bond acceptors (Lipinski definition) is 2. The zero-order chi connectivity index (χ0) is 11.9. The number of rotatable bonds is 3. The fourth-order valence-corrected chi connectivity index (χ4v) is 1.72. The fourth-order valence-electron chi connectivity index (χ4n) is 1.72. The van der Waals surface area contributed by atoms with Crippen molar-refractivity contribution in [3.63, 3.8) is 0 Å². The van der Waals surface area contributed by atoms with Crippen molar-refractivity contribution in [1.29, 1.82) is 0 Å². The zero-order valence-corrected chi connectivity index (χ0v) is 9.82. The monoisotopic (exact) mass is 224 g/mol. The minimum atomic E-state index is 0.748. The Hall–Kier alpha value is -1.85. The van der Waals surface area contributed by atoms with Crippen LogP contribution in [0, 0.1) is 11.8 Å². The van der Waals surface area contributed by atoms with Crippen LogP contribution in [-0.4, -0.2) is 11.5 Å². The van der Waals surface area contributed by atoms with Crippen LogP contribution in [-0.2, 0) is 0 Å². The van der Waals surface area contributed by atoms with Crippen LogP contribution >= 0.6 is 0 Å². The Kier molecular flexibility index (Phi) is 4.12. The van der Waals surface area contributed by atoms with Gasteiger partial charge >= 0.3 is 0 Å². The number of pyridine rings is 1. The van der Waals surface area contributed by atoms with Crippen LogP contribution in [0.2, 0.25) is 0 Å². The zero-order valence-electron chi connectivity index (χ0n) is 9.82.